The van der Waals surface area contributed by atoms with Crippen molar-refractivity contribution in [3.8, 4) is 5.82 Å². The highest BCUT2D eigenvalue weighted by Crippen LogP contribution is 2.23. The predicted octanol–water partition coefficient (Wildman–Crippen LogP) is 4.32. The van der Waals surface area contributed by atoms with Gasteiger partial charge in [0.15, 0.2) is 0 Å². The lowest BCUT2D eigenvalue weighted by Crippen LogP contribution is -2.18. The zero-order valence-electron chi connectivity index (χ0n) is 15.1. The second-order valence-corrected chi connectivity index (χ2v) is 6.58. The van der Waals surface area contributed by atoms with Crippen LogP contribution in [0.25, 0.3) is 5.82 Å². The molecule has 5 nitrogen and oxygen atoms in total. The van der Waals surface area contributed by atoms with Crippen molar-refractivity contribution in [2.45, 2.75) is 53.2 Å². The number of furan rings is 1. The summed E-state index contributed by atoms with van der Waals surface area (Å²) < 4.78 is 9.80. The summed E-state index contributed by atoms with van der Waals surface area (Å²) in [5.74, 6) is 2.08. The first-order valence-electron chi connectivity index (χ1n) is 8.47. The molecule has 0 aliphatic rings. The van der Waals surface area contributed by atoms with Gasteiger partial charge < -0.3 is 14.3 Å². The molecular formula is C19H26N4O. The van der Waals surface area contributed by atoms with Gasteiger partial charge in [0.05, 0.1) is 18.5 Å². The van der Waals surface area contributed by atoms with E-state index in [0.717, 1.165) is 18.1 Å². The summed E-state index contributed by atoms with van der Waals surface area (Å²) in [6, 6.07) is 8.76. The fraction of sp³-hybridized carbons (Fsp3) is 0.421. The maximum atomic E-state index is 5.46. The molecule has 0 radical (unpaired) electrons. The number of aromatic nitrogens is 3. The SMILES string of the molecule is Cc1cc(CN[C@@H](C)c2ccco2)c(C)n1-c1ccnn1C(C)C. The van der Waals surface area contributed by atoms with Gasteiger partial charge in [0.1, 0.15) is 11.6 Å². The van der Waals surface area contributed by atoms with Crippen LogP contribution in [0, 0.1) is 13.8 Å². The Morgan fingerprint density at radius 2 is 2.00 bits per heavy atom. The Labute approximate surface area is 143 Å². The molecule has 0 aliphatic carbocycles. The number of aryl methyl sites for hydroxylation is 1. The summed E-state index contributed by atoms with van der Waals surface area (Å²) in [6.45, 7) is 11.5. The Hall–Kier alpha value is -2.27. The largest absolute Gasteiger partial charge is 0.468 e. The third-order valence-corrected chi connectivity index (χ3v) is 4.47. The van der Waals surface area contributed by atoms with Crippen molar-refractivity contribution in [2.24, 2.45) is 0 Å². The summed E-state index contributed by atoms with van der Waals surface area (Å²) in [7, 11) is 0. The average molecular weight is 326 g/mol. The van der Waals surface area contributed by atoms with E-state index in [1.807, 2.05) is 18.3 Å². The molecule has 3 rings (SSSR count). The molecule has 0 fully saturated rings. The van der Waals surface area contributed by atoms with Gasteiger partial charge in [-0.3, -0.25) is 0 Å². The van der Waals surface area contributed by atoms with Crippen molar-refractivity contribution in [1.82, 2.24) is 19.7 Å². The molecule has 24 heavy (non-hydrogen) atoms. The van der Waals surface area contributed by atoms with Gasteiger partial charge in [0.25, 0.3) is 0 Å². The summed E-state index contributed by atoms with van der Waals surface area (Å²) >= 11 is 0. The Morgan fingerprint density at radius 1 is 1.21 bits per heavy atom. The van der Waals surface area contributed by atoms with Crippen molar-refractivity contribution >= 4 is 0 Å². The first-order valence-corrected chi connectivity index (χ1v) is 8.47. The van der Waals surface area contributed by atoms with Gasteiger partial charge in [-0.05, 0) is 58.4 Å². The summed E-state index contributed by atoms with van der Waals surface area (Å²) in [5.41, 5.74) is 3.76. The zero-order valence-corrected chi connectivity index (χ0v) is 15.1. The zero-order chi connectivity index (χ0) is 17.3. The van der Waals surface area contributed by atoms with E-state index in [0.29, 0.717) is 6.04 Å². The van der Waals surface area contributed by atoms with Gasteiger partial charge in [0, 0.05) is 30.0 Å². The Bertz CT molecular complexity index is 796. The summed E-state index contributed by atoms with van der Waals surface area (Å²) in [4.78, 5) is 0. The van der Waals surface area contributed by atoms with Crippen molar-refractivity contribution in [2.75, 3.05) is 0 Å². The number of nitrogens with one attached hydrogen (secondary N) is 1. The van der Waals surface area contributed by atoms with Crippen LogP contribution in [0.4, 0.5) is 0 Å². The molecular weight excluding hydrogens is 300 g/mol. The highest BCUT2D eigenvalue weighted by atomic mass is 16.3. The van der Waals surface area contributed by atoms with Crippen molar-refractivity contribution in [3.63, 3.8) is 0 Å². The second-order valence-electron chi connectivity index (χ2n) is 6.58. The number of hydrogen-bond donors (Lipinski definition) is 1. The van der Waals surface area contributed by atoms with Crippen LogP contribution in [-0.2, 0) is 6.54 Å². The topological polar surface area (TPSA) is 47.9 Å². The third kappa shape index (κ3) is 3.04. The molecule has 5 heteroatoms. The molecule has 0 bridgehead atoms. The lowest BCUT2D eigenvalue weighted by molar-refractivity contribution is 0.430. The van der Waals surface area contributed by atoms with Crippen molar-refractivity contribution in [3.05, 3.63) is 59.4 Å². The predicted molar refractivity (Wildman–Crippen MR) is 95.4 cm³/mol. The minimum absolute atomic E-state index is 0.184. The van der Waals surface area contributed by atoms with Gasteiger partial charge in [-0.1, -0.05) is 0 Å². The van der Waals surface area contributed by atoms with Crippen LogP contribution in [0.2, 0.25) is 0 Å². The van der Waals surface area contributed by atoms with Crippen LogP contribution in [-0.4, -0.2) is 14.3 Å². The minimum Gasteiger partial charge on any atom is -0.468 e. The molecule has 1 atom stereocenters. The maximum absolute atomic E-state index is 5.46. The fourth-order valence-corrected chi connectivity index (χ4v) is 3.14. The fourth-order valence-electron chi connectivity index (χ4n) is 3.14. The molecule has 0 aromatic carbocycles. The molecule has 0 aliphatic heterocycles. The quantitative estimate of drug-likeness (QED) is 0.734. The van der Waals surface area contributed by atoms with Crippen molar-refractivity contribution in [1.29, 1.82) is 0 Å². The maximum Gasteiger partial charge on any atom is 0.135 e. The molecule has 0 unspecified atom stereocenters. The van der Waals surface area contributed by atoms with E-state index < -0.39 is 0 Å². The molecule has 0 saturated heterocycles. The minimum atomic E-state index is 0.184. The number of rotatable bonds is 6. The standard InChI is InChI=1S/C19H26N4O/c1-13(2)23-19(8-9-21-23)22-14(3)11-17(16(22)5)12-20-15(4)18-7-6-10-24-18/h6-11,13,15,20H,12H2,1-5H3/t15-/m0/s1. The molecule has 128 valence electrons. The van der Waals surface area contributed by atoms with Gasteiger partial charge >= 0.3 is 0 Å². The van der Waals surface area contributed by atoms with Gasteiger partial charge in [-0.25, -0.2) is 4.68 Å². The highest BCUT2D eigenvalue weighted by molar-refractivity contribution is 5.37. The van der Waals surface area contributed by atoms with Gasteiger partial charge in [-0.15, -0.1) is 0 Å². The smallest absolute Gasteiger partial charge is 0.135 e. The van der Waals surface area contributed by atoms with Crippen LogP contribution in [0.5, 0.6) is 0 Å². The van der Waals surface area contributed by atoms with Crippen LogP contribution >= 0.6 is 0 Å². The molecule has 3 heterocycles. The third-order valence-electron chi connectivity index (χ3n) is 4.47. The van der Waals surface area contributed by atoms with E-state index in [9.17, 15) is 0 Å². The van der Waals surface area contributed by atoms with Crippen LogP contribution in [0.1, 0.15) is 55.6 Å². The Balaban J connectivity index is 1.83. The van der Waals surface area contributed by atoms with E-state index >= 15 is 0 Å². The van der Waals surface area contributed by atoms with Gasteiger partial charge in [0.2, 0.25) is 0 Å². The summed E-state index contributed by atoms with van der Waals surface area (Å²) in [6.07, 6.45) is 3.58. The lowest BCUT2D eigenvalue weighted by atomic mass is 10.2. The molecule has 3 aromatic heterocycles. The highest BCUT2D eigenvalue weighted by Gasteiger charge is 2.16. The van der Waals surface area contributed by atoms with E-state index in [-0.39, 0.29) is 6.04 Å². The van der Waals surface area contributed by atoms with Crippen LogP contribution in [0.15, 0.2) is 41.1 Å². The molecule has 0 spiro atoms. The van der Waals surface area contributed by atoms with Crippen LogP contribution < -0.4 is 5.32 Å². The monoisotopic (exact) mass is 326 g/mol. The van der Waals surface area contributed by atoms with E-state index in [2.05, 4.69) is 66.4 Å². The second kappa shape index (κ2) is 6.69. The lowest BCUT2D eigenvalue weighted by Gasteiger charge is -2.15. The summed E-state index contributed by atoms with van der Waals surface area (Å²) in [5, 5.41) is 8.00. The van der Waals surface area contributed by atoms with E-state index in [4.69, 9.17) is 4.42 Å². The number of nitrogens with zero attached hydrogens (tertiary/aromatic N) is 3. The molecule has 0 amide bonds. The van der Waals surface area contributed by atoms with Gasteiger partial charge in [-0.2, -0.15) is 5.10 Å². The number of hydrogen-bond acceptors (Lipinski definition) is 3. The molecule has 0 saturated carbocycles. The normalized spacial score (nSPS) is 12.9. The Morgan fingerprint density at radius 3 is 2.67 bits per heavy atom. The average Bonchev–Trinajstić information content (AvgIpc) is 3.25. The van der Waals surface area contributed by atoms with Crippen LogP contribution in [0.3, 0.4) is 0 Å². The first kappa shape index (κ1) is 16.6. The van der Waals surface area contributed by atoms with Crippen molar-refractivity contribution < 1.29 is 4.42 Å². The first-order chi connectivity index (χ1) is 11.5. The Kier molecular flexibility index (Phi) is 4.62. The molecule has 1 N–H and O–H groups in total. The van der Waals surface area contributed by atoms with E-state index in [1.54, 1.807) is 6.26 Å². The van der Waals surface area contributed by atoms with E-state index in [1.165, 1.54) is 17.0 Å². The molecule has 3 aromatic rings.